The van der Waals surface area contributed by atoms with Crippen LogP contribution in [0.4, 0.5) is 26.3 Å². The second kappa shape index (κ2) is 4.06. The van der Waals surface area contributed by atoms with Crippen LogP contribution in [0.3, 0.4) is 0 Å². The Balaban J connectivity index is 4.88. The Hall–Kier alpha value is -0.940. The predicted molar refractivity (Wildman–Crippen MR) is 39.6 cm³/mol. The Kier molecular flexibility index (Phi) is 3.79. The van der Waals surface area contributed by atoms with Crippen molar-refractivity contribution in [3.05, 3.63) is 24.3 Å². The number of halogens is 6. The zero-order valence-corrected chi connectivity index (χ0v) is 7.21. The first-order chi connectivity index (χ1) is 6.09. The maximum Gasteiger partial charge on any atom is 0.416 e. The zero-order valence-electron chi connectivity index (χ0n) is 7.21. The molecular formula is C8H8F6. The molecule has 0 bridgehead atoms. The van der Waals surface area contributed by atoms with E-state index >= 15 is 0 Å². The van der Waals surface area contributed by atoms with E-state index in [1.165, 1.54) is 0 Å². The van der Waals surface area contributed by atoms with Crippen molar-refractivity contribution in [3.8, 4) is 0 Å². The van der Waals surface area contributed by atoms with Crippen LogP contribution in [-0.4, -0.2) is 12.4 Å². The van der Waals surface area contributed by atoms with E-state index in [9.17, 15) is 26.3 Å². The molecular weight excluding hydrogens is 210 g/mol. The molecule has 0 rings (SSSR count). The summed E-state index contributed by atoms with van der Waals surface area (Å²) in [5.74, 6) is -2.14. The van der Waals surface area contributed by atoms with Crippen LogP contribution in [0.15, 0.2) is 24.3 Å². The van der Waals surface area contributed by atoms with E-state index in [4.69, 9.17) is 0 Å². The summed E-state index contributed by atoms with van der Waals surface area (Å²) in [5, 5.41) is 0. The van der Waals surface area contributed by atoms with Crippen molar-refractivity contribution < 1.29 is 26.3 Å². The van der Waals surface area contributed by atoms with Gasteiger partial charge in [-0.2, -0.15) is 26.3 Å². The molecule has 82 valence electrons. The Morgan fingerprint density at radius 2 is 1.57 bits per heavy atom. The van der Waals surface area contributed by atoms with Crippen LogP contribution in [0.5, 0.6) is 0 Å². The van der Waals surface area contributed by atoms with Crippen molar-refractivity contribution in [1.82, 2.24) is 0 Å². The average Bonchev–Trinajstić information content (AvgIpc) is 1.95. The molecule has 0 aliphatic carbocycles. The van der Waals surface area contributed by atoms with E-state index in [0.717, 1.165) is 0 Å². The van der Waals surface area contributed by atoms with Gasteiger partial charge in [-0.05, 0) is 0 Å². The molecule has 0 fully saturated rings. The van der Waals surface area contributed by atoms with Crippen LogP contribution in [0.1, 0.15) is 6.92 Å². The first-order valence-corrected chi connectivity index (χ1v) is 3.57. The molecule has 0 amide bonds. The topological polar surface area (TPSA) is 0 Å². The van der Waals surface area contributed by atoms with Crippen molar-refractivity contribution in [2.45, 2.75) is 19.3 Å². The fourth-order valence-corrected chi connectivity index (χ4v) is 0.642. The molecule has 0 nitrogen and oxygen atoms in total. The Morgan fingerprint density at radius 3 is 1.79 bits per heavy atom. The minimum Gasteiger partial charge on any atom is -0.170 e. The molecule has 0 saturated heterocycles. The molecule has 0 aromatic carbocycles. The van der Waals surface area contributed by atoms with E-state index in [1.54, 1.807) is 0 Å². The van der Waals surface area contributed by atoms with Gasteiger partial charge in [0.1, 0.15) is 0 Å². The molecule has 1 atom stereocenters. The summed E-state index contributed by atoms with van der Waals surface area (Å²) < 4.78 is 71.5. The largest absolute Gasteiger partial charge is 0.416 e. The van der Waals surface area contributed by atoms with Gasteiger partial charge < -0.3 is 0 Å². The summed E-state index contributed by atoms with van der Waals surface area (Å²) in [5.41, 5.74) is -1.37. The van der Waals surface area contributed by atoms with Crippen LogP contribution in [-0.2, 0) is 0 Å². The maximum absolute atomic E-state index is 12.0. The lowest BCUT2D eigenvalue weighted by atomic mass is 10.1. The summed E-state index contributed by atoms with van der Waals surface area (Å²) in [6, 6.07) is 0. The lowest BCUT2D eigenvalue weighted by Crippen LogP contribution is -2.20. The highest BCUT2D eigenvalue weighted by Gasteiger charge is 2.38. The third kappa shape index (κ3) is 3.85. The molecule has 14 heavy (non-hydrogen) atoms. The van der Waals surface area contributed by atoms with Crippen LogP contribution >= 0.6 is 0 Å². The van der Waals surface area contributed by atoms with E-state index in [0.29, 0.717) is 13.0 Å². The number of allylic oxidation sites excluding steroid dienone is 3. The van der Waals surface area contributed by atoms with E-state index in [1.807, 2.05) is 0 Å². The molecule has 0 aliphatic rings. The normalized spacial score (nSPS) is 16.6. The van der Waals surface area contributed by atoms with Gasteiger partial charge in [0.25, 0.3) is 0 Å². The second-order valence-electron chi connectivity index (χ2n) is 2.65. The lowest BCUT2D eigenvalue weighted by molar-refractivity contribution is -0.157. The fourth-order valence-electron chi connectivity index (χ4n) is 0.642. The van der Waals surface area contributed by atoms with Crippen LogP contribution < -0.4 is 0 Å². The summed E-state index contributed by atoms with van der Waals surface area (Å²) in [4.78, 5) is 0. The van der Waals surface area contributed by atoms with Gasteiger partial charge in [-0.25, -0.2) is 0 Å². The van der Waals surface area contributed by atoms with Gasteiger partial charge in [0.15, 0.2) is 0 Å². The number of hydrogen-bond acceptors (Lipinski definition) is 0. The molecule has 0 aliphatic heterocycles. The van der Waals surface area contributed by atoms with Crippen molar-refractivity contribution in [2.24, 2.45) is 5.92 Å². The highest BCUT2D eigenvalue weighted by Crippen LogP contribution is 2.32. The Bertz CT molecular complexity index is 231. The molecule has 0 heterocycles. The fraction of sp³-hybridized carbons (Fsp3) is 0.500. The van der Waals surface area contributed by atoms with Gasteiger partial charge in [-0.3, -0.25) is 0 Å². The summed E-state index contributed by atoms with van der Waals surface area (Å²) >= 11 is 0. The average molecular weight is 218 g/mol. The van der Waals surface area contributed by atoms with E-state index < -0.39 is 23.8 Å². The molecule has 6 heteroatoms. The summed E-state index contributed by atoms with van der Waals surface area (Å²) in [7, 11) is 0. The van der Waals surface area contributed by atoms with Gasteiger partial charge in [0.2, 0.25) is 0 Å². The highest BCUT2D eigenvalue weighted by molar-refractivity contribution is 5.22. The van der Waals surface area contributed by atoms with E-state index in [-0.39, 0.29) is 6.08 Å². The predicted octanol–water partition coefficient (Wildman–Crippen LogP) is 3.86. The number of rotatable bonds is 2. The summed E-state index contributed by atoms with van der Waals surface area (Å²) in [6.07, 6.45) is -8.99. The van der Waals surface area contributed by atoms with Gasteiger partial charge >= 0.3 is 12.4 Å². The number of alkyl halides is 6. The standard InChI is InChI=1S/C8H8F6/c1-3-6(8(12,13)14)4-5(2)7(9,10)11/h3-5H,1H2,2H3/b6-4+. The van der Waals surface area contributed by atoms with E-state index in [2.05, 4.69) is 6.58 Å². The molecule has 0 aromatic heterocycles. The zero-order chi connectivity index (χ0) is 11.6. The van der Waals surface area contributed by atoms with Gasteiger partial charge in [-0.1, -0.05) is 25.7 Å². The smallest absolute Gasteiger partial charge is 0.170 e. The molecule has 1 unspecified atom stereocenters. The Labute approximate surface area is 76.9 Å². The molecule has 0 aromatic rings. The first kappa shape index (κ1) is 13.1. The van der Waals surface area contributed by atoms with Crippen molar-refractivity contribution in [1.29, 1.82) is 0 Å². The van der Waals surface area contributed by atoms with Crippen LogP contribution in [0.25, 0.3) is 0 Å². The minimum atomic E-state index is -4.79. The maximum atomic E-state index is 12.0. The molecule has 0 radical (unpaired) electrons. The monoisotopic (exact) mass is 218 g/mol. The molecule has 0 spiro atoms. The Morgan fingerprint density at radius 1 is 1.14 bits per heavy atom. The summed E-state index contributed by atoms with van der Waals surface area (Å²) in [6.45, 7) is 3.46. The second-order valence-corrected chi connectivity index (χ2v) is 2.65. The van der Waals surface area contributed by atoms with Gasteiger partial charge in [0, 0.05) is 0 Å². The molecule has 0 saturated carbocycles. The van der Waals surface area contributed by atoms with Gasteiger partial charge in [0.05, 0.1) is 11.5 Å². The van der Waals surface area contributed by atoms with Crippen LogP contribution in [0.2, 0.25) is 0 Å². The van der Waals surface area contributed by atoms with Gasteiger partial charge in [-0.15, -0.1) is 0 Å². The number of hydrogen-bond donors (Lipinski definition) is 0. The van der Waals surface area contributed by atoms with Crippen molar-refractivity contribution >= 4 is 0 Å². The quantitative estimate of drug-likeness (QED) is 0.487. The molecule has 0 N–H and O–H groups in total. The van der Waals surface area contributed by atoms with Crippen molar-refractivity contribution in [3.63, 3.8) is 0 Å². The SMILES string of the molecule is C=C/C(=C\C(C)C(F)(F)F)C(F)(F)F. The first-order valence-electron chi connectivity index (χ1n) is 3.57. The highest BCUT2D eigenvalue weighted by atomic mass is 19.4. The minimum absolute atomic E-state index is 0.104. The van der Waals surface area contributed by atoms with Crippen LogP contribution in [0, 0.1) is 5.92 Å². The third-order valence-corrected chi connectivity index (χ3v) is 1.49. The lowest BCUT2D eigenvalue weighted by Gasteiger charge is -2.14. The van der Waals surface area contributed by atoms with Crippen molar-refractivity contribution in [2.75, 3.05) is 0 Å². The third-order valence-electron chi connectivity index (χ3n) is 1.49.